The predicted molar refractivity (Wildman–Crippen MR) is 127 cm³/mol. The Morgan fingerprint density at radius 3 is 2.25 bits per heavy atom. The van der Waals surface area contributed by atoms with Gasteiger partial charge in [0.15, 0.2) is 5.96 Å². The molecular weight excluding hydrogens is 463 g/mol. The van der Waals surface area contributed by atoms with E-state index < -0.39 is 0 Å². The van der Waals surface area contributed by atoms with Gasteiger partial charge in [-0.05, 0) is 30.0 Å². The lowest BCUT2D eigenvalue weighted by molar-refractivity contribution is -0.121. The average Bonchev–Trinajstić information content (AvgIpc) is 2.71. The summed E-state index contributed by atoms with van der Waals surface area (Å²) >= 11 is 0. The van der Waals surface area contributed by atoms with Crippen molar-refractivity contribution in [2.45, 2.75) is 39.8 Å². The molecule has 3 N–H and O–H groups in total. The number of benzene rings is 2. The third kappa shape index (κ3) is 8.73. The summed E-state index contributed by atoms with van der Waals surface area (Å²) in [6, 6.07) is 18.3. The van der Waals surface area contributed by atoms with Gasteiger partial charge in [-0.25, -0.2) is 4.99 Å². The summed E-state index contributed by atoms with van der Waals surface area (Å²) in [6.45, 7) is 6.69. The first-order valence-electron chi connectivity index (χ1n) is 9.62. The molecule has 2 rings (SSSR count). The van der Waals surface area contributed by atoms with Gasteiger partial charge in [0.05, 0.1) is 6.54 Å². The Morgan fingerprint density at radius 2 is 1.57 bits per heavy atom. The van der Waals surface area contributed by atoms with Crippen molar-refractivity contribution >= 4 is 35.8 Å². The van der Waals surface area contributed by atoms with Crippen LogP contribution in [0.15, 0.2) is 59.6 Å². The molecule has 0 bridgehead atoms. The topological polar surface area (TPSA) is 65.5 Å². The van der Waals surface area contributed by atoms with Crippen LogP contribution in [0.3, 0.4) is 0 Å². The number of hydrogen-bond acceptors (Lipinski definition) is 2. The summed E-state index contributed by atoms with van der Waals surface area (Å²) in [5.41, 5.74) is 3.65. The van der Waals surface area contributed by atoms with Crippen LogP contribution in [-0.4, -0.2) is 25.0 Å². The van der Waals surface area contributed by atoms with Crippen LogP contribution >= 0.6 is 24.0 Å². The first-order chi connectivity index (χ1) is 13.2. The Morgan fingerprint density at radius 1 is 0.893 bits per heavy atom. The molecule has 0 fully saturated rings. The van der Waals surface area contributed by atoms with Gasteiger partial charge in [0, 0.05) is 26.1 Å². The number of rotatable bonds is 9. The Hall–Kier alpha value is -2.09. The number of carbonyl (C=O) groups is 1. The van der Waals surface area contributed by atoms with Crippen molar-refractivity contribution in [2.75, 3.05) is 13.1 Å². The summed E-state index contributed by atoms with van der Waals surface area (Å²) in [6.07, 6.45) is 1.40. The summed E-state index contributed by atoms with van der Waals surface area (Å²) in [5, 5.41) is 9.40. The predicted octanol–water partition coefficient (Wildman–Crippen LogP) is 3.63. The van der Waals surface area contributed by atoms with E-state index in [0.717, 1.165) is 24.5 Å². The highest BCUT2D eigenvalue weighted by atomic mass is 127. The zero-order valence-corrected chi connectivity index (χ0v) is 19.0. The smallest absolute Gasteiger partial charge is 0.222 e. The average molecular weight is 494 g/mol. The normalized spacial score (nSPS) is 10.7. The summed E-state index contributed by atoms with van der Waals surface area (Å²) in [4.78, 5) is 16.7. The van der Waals surface area contributed by atoms with Gasteiger partial charge < -0.3 is 16.0 Å². The Bertz CT molecular complexity index is 734. The van der Waals surface area contributed by atoms with Crippen LogP contribution in [0, 0.1) is 0 Å². The Labute approximate surface area is 185 Å². The molecule has 1 amide bonds. The quantitative estimate of drug-likeness (QED) is 0.284. The van der Waals surface area contributed by atoms with Gasteiger partial charge in [0.2, 0.25) is 5.91 Å². The number of aryl methyl sites for hydroxylation is 1. The zero-order chi connectivity index (χ0) is 19.3. The van der Waals surface area contributed by atoms with Crippen LogP contribution in [0.2, 0.25) is 0 Å². The molecule has 0 spiro atoms. The van der Waals surface area contributed by atoms with Crippen molar-refractivity contribution in [1.82, 2.24) is 16.0 Å². The number of carbonyl (C=O) groups excluding carboxylic acids is 1. The highest BCUT2D eigenvalue weighted by molar-refractivity contribution is 14.0. The standard InChI is InChI=1S/C22H30N4O.HI/c1-3-19-12-8-9-13-20(19)17-26-22(23-4-2)24-15-14-21(27)25-16-18-10-6-5-7-11-18;/h5-13H,3-4,14-17H2,1-2H3,(H,25,27)(H2,23,24,26);1H. The van der Waals surface area contributed by atoms with E-state index in [2.05, 4.69) is 46.1 Å². The molecule has 0 aliphatic heterocycles. The Balaban J connectivity index is 0.00000392. The lowest BCUT2D eigenvalue weighted by atomic mass is 10.1. The maximum absolute atomic E-state index is 12.0. The molecule has 2 aromatic carbocycles. The van der Waals surface area contributed by atoms with Crippen molar-refractivity contribution in [2.24, 2.45) is 4.99 Å². The molecule has 0 aliphatic carbocycles. The molecular formula is C22H31IN4O. The van der Waals surface area contributed by atoms with Crippen LogP contribution in [0.5, 0.6) is 0 Å². The van der Waals surface area contributed by atoms with Crippen molar-refractivity contribution in [3.63, 3.8) is 0 Å². The Kier molecular flexibility index (Phi) is 12.0. The van der Waals surface area contributed by atoms with Gasteiger partial charge in [-0.1, -0.05) is 61.5 Å². The molecule has 6 heteroatoms. The minimum atomic E-state index is 0. The molecule has 0 saturated carbocycles. The largest absolute Gasteiger partial charge is 0.357 e. The second kappa shape index (κ2) is 14.0. The first-order valence-corrected chi connectivity index (χ1v) is 9.62. The van der Waals surface area contributed by atoms with E-state index in [4.69, 9.17) is 0 Å². The highest BCUT2D eigenvalue weighted by Gasteiger charge is 2.04. The van der Waals surface area contributed by atoms with Gasteiger partial charge in [0.1, 0.15) is 0 Å². The monoisotopic (exact) mass is 494 g/mol. The van der Waals surface area contributed by atoms with Crippen LogP contribution in [-0.2, 0) is 24.3 Å². The second-order valence-corrected chi connectivity index (χ2v) is 6.26. The molecule has 28 heavy (non-hydrogen) atoms. The van der Waals surface area contributed by atoms with Crippen LogP contribution < -0.4 is 16.0 Å². The summed E-state index contributed by atoms with van der Waals surface area (Å²) in [5.74, 6) is 0.762. The number of nitrogens with one attached hydrogen (secondary N) is 3. The molecule has 152 valence electrons. The lowest BCUT2D eigenvalue weighted by Crippen LogP contribution is -2.39. The number of nitrogens with zero attached hydrogens (tertiary/aromatic N) is 1. The molecule has 0 radical (unpaired) electrons. The minimum Gasteiger partial charge on any atom is -0.357 e. The van der Waals surface area contributed by atoms with Crippen molar-refractivity contribution in [3.05, 3.63) is 71.3 Å². The maximum Gasteiger partial charge on any atom is 0.222 e. The van der Waals surface area contributed by atoms with Crippen LogP contribution in [0.1, 0.15) is 37.0 Å². The third-order valence-corrected chi connectivity index (χ3v) is 4.23. The van der Waals surface area contributed by atoms with E-state index in [0.29, 0.717) is 26.1 Å². The van der Waals surface area contributed by atoms with Crippen LogP contribution in [0.25, 0.3) is 0 Å². The van der Waals surface area contributed by atoms with E-state index in [1.54, 1.807) is 0 Å². The molecule has 0 aromatic heterocycles. The van der Waals surface area contributed by atoms with E-state index >= 15 is 0 Å². The van der Waals surface area contributed by atoms with Gasteiger partial charge in [0.25, 0.3) is 0 Å². The number of hydrogen-bond donors (Lipinski definition) is 3. The van der Waals surface area contributed by atoms with E-state index in [9.17, 15) is 4.79 Å². The van der Waals surface area contributed by atoms with E-state index in [1.807, 2.05) is 43.3 Å². The summed E-state index contributed by atoms with van der Waals surface area (Å²) in [7, 11) is 0. The second-order valence-electron chi connectivity index (χ2n) is 6.26. The van der Waals surface area contributed by atoms with Crippen molar-refractivity contribution in [1.29, 1.82) is 0 Å². The SMILES string of the molecule is CCNC(=NCc1ccccc1CC)NCCC(=O)NCc1ccccc1.I. The zero-order valence-electron chi connectivity index (χ0n) is 16.7. The van der Waals surface area contributed by atoms with Gasteiger partial charge in [-0.3, -0.25) is 4.79 Å². The number of aliphatic imine (C=N–C) groups is 1. The molecule has 0 saturated heterocycles. The van der Waals surface area contributed by atoms with Crippen molar-refractivity contribution in [3.8, 4) is 0 Å². The fraction of sp³-hybridized carbons (Fsp3) is 0.364. The first kappa shape index (κ1) is 23.9. The van der Waals surface area contributed by atoms with E-state index in [-0.39, 0.29) is 29.9 Å². The number of guanidine groups is 1. The van der Waals surface area contributed by atoms with Gasteiger partial charge >= 0.3 is 0 Å². The molecule has 2 aromatic rings. The van der Waals surface area contributed by atoms with Crippen LogP contribution in [0.4, 0.5) is 0 Å². The fourth-order valence-corrected chi connectivity index (χ4v) is 2.74. The van der Waals surface area contributed by atoms with E-state index in [1.165, 1.54) is 11.1 Å². The van der Waals surface area contributed by atoms with Gasteiger partial charge in [-0.2, -0.15) is 0 Å². The minimum absolute atomic E-state index is 0. The summed E-state index contributed by atoms with van der Waals surface area (Å²) < 4.78 is 0. The highest BCUT2D eigenvalue weighted by Crippen LogP contribution is 2.10. The van der Waals surface area contributed by atoms with Gasteiger partial charge in [-0.15, -0.1) is 24.0 Å². The molecule has 0 atom stereocenters. The number of halogens is 1. The maximum atomic E-state index is 12.0. The fourth-order valence-electron chi connectivity index (χ4n) is 2.74. The number of amides is 1. The molecule has 0 aliphatic rings. The molecule has 0 unspecified atom stereocenters. The van der Waals surface area contributed by atoms with Crippen molar-refractivity contribution < 1.29 is 4.79 Å². The molecule has 0 heterocycles. The third-order valence-electron chi connectivity index (χ3n) is 4.23. The lowest BCUT2D eigenvalue weighted by Gasteiger charge is -2.12. The molecule has 5 nitrogen and oxygen atoms in total.